The van der Waals surface area contributed by atoms with Gasteiger partial charge in [-0.2, -0.15) is 58.9 Å². The number of nitrogens with one attached hydrogen (secondary N) is 4. The lowest BCUT2D eigenvalue weighted by atomic mass is 10.1. The summed E-state index contributed by atoms with van der Waals surface area (Å²) in [6.07, 6.45) is 0. The number of fused-ring (bicyclic) bond motifs is 2. The van der Waals surface area contributed by atoms with Crippen molar-refractivity contribution in [3.63, 3.8) is 0 Å². The zero-order chi connectivity index (χ0) is 52.7. The highest BCUT2D eigenvalue weighted by Crippen LogP contribution is 2.41. The van der Waals surface area contributed by atoms with E-state index < -0.39 is 71.9 Å². The van der Waals surface area contributed by atoms with Gasteiger partial charge in [0.2, 0.25) is 29.0 Å². The number of carbonyl (C=O) groups is 2. The lowest BCUT2D eigenvalue weighted by Gasteiger charge is -2.16. The van der Waals surface area contributed by atoms with E-state index in [1.54, 1.807) is 6.92 Å². The van der Waals surface area contributed by atoms with Gasteiger partial charge in [-0.05, 0) is 78.7 Å². The minimum absolute atomic E-state index is 0.0110. The Kier molecular flexibility index (Phi) is 14.4. The van der Waals surface area contributed by atoms with Gasteiger partial charge >= 0.3 is 0 Å². The first-order valence-electron chi connectivity index (χ1n) is 19.8. The lowest BCUT2D eigenvalue weighted by Crippen LogP contribution is -2.09. The second kappa shape index (κ2) is 19.8. The maximum atomic E-state index is 12.4. The number of rotatable bonds is 15. The quantitative estimate of drug-likeness (QED) is 0.0353. The Bertz CT molecular complexity index is 3980. The molecule has 0 aliphatic rings. The van der Waals surface area contributed by atoms with Crippen molar-refractivity contribution in [2.24, 2.45) is 20.5 Å². The van der Waals surface area contributed by atoms with Gasteiger partial charge in [0.25, 0.3) is 40.5 Å². The summed E-state index contributed by atoms with van der Waals surface area (Å²) in [6.45, 7) is 4.00. The summed E-state index contributed by atoms with van der Waals surface area (Å²) in [5.74, 6) is -1.44. The second-order valence-electron chi connectivity index (χ2n) is 15.0. The standard InChI is InChI=1S/C41H34ClN11O15S4/c1-19-11-31(52-50-22-12-26-24(37(14-22)71(62,63)64)7-5-9-35(26)69(56,57)58)29(43-20(2)54)16-28(19)45-40-47-39(42)48-41(49-40)46-33-17-30(44-21(3)55)32(18-34(33)68-4)53-51-23-13-27-25(38(15-23)72(65,66)67)8-6-10-36(27)70(59,60)61/h5-18H,1-4H3,(H,43,54)(H,44,55)(H,56,57,58)(H,59,60,61)(H,62,63,64)(H,65,66,67)(H2,45,46,47,48,49). The summed E-state index contributed by atoms with van der Waals surface area (Å²) in [6, 6.07) is 16.3. The molecule has 26 nitrogen and oxygen atoms in total. The van der Waals surface area contributed by atoms with Crippen molar-refractivity contribution >= 4 is 143 Å². The number of ether oxygens (including phenoxy) is 1. The normalized spacial score (nSPS) is 12.4. The summed E-state index contributed by atoms with van der Waals surface area (Å²) in [7, 11) is -18.4. The average Bonchev–Trinajstić information content (AvgIpc) is 3.26. The number of carbonyl (C=O) groups excluding carboxylic acids is 2. The lowest BCUT2D eigenvalue weighted by molar-refractivity contribution is -0.115. The molecule has 72 heavy (non-hydrogen) atoms. The Balaban J connectivity index is 1.22. The highest BCUT2D eigenvalue weighted by Gasteiger charge is 2.24. The first-order chi connectivity index (χ1) is 33.6. The van der Waals surface area contributed by atoms with Crippen LogP contribution in [0.2, 0.25) is 5.28 Å². The molecule has 1 heterocycles. The van der Waals surface area contributed by atoms with Crippen LogP contribution >= 0.6 is 11.6 Å². The van der Waals surface area contributed by atoms with Crippen molar-refractivity contribution in [1.29, 1.82) is 0 Å². The Morgan fingerprint density at radius 2 is 0.944 bits per heavy atom. The number of aryl methyl sites for hydroxylation is 1. The molecule has 0 aliphatic heterocycles. The Morgan fingerprint density at radius 1 is 0.528 bits per heavy atom. The highest BCUT2D eigenvalue weighted by molar-refractivity contribution is 7.87. The monoisotopic (exact) mass is 1080 g/mol. The van der Waals surface area contributed by atoms with Crippen LogP contribution in [-0.2, 0) is 50.1 Å². The van der Waals surface area contributed by atoms with Crippen LogP contribution in [0.3, 0.4) is 0 Å². The zero-order valence-corrected chi connectivity index (χ0v) is 41.0. The molecule has 0 atom stereocenters. The summed E-state index contributed by atoms with van der Waals surface area (Å²) < 4.78 is 143. The molecule has 0 radical (unpaired) electrons. The Labute approximate surface area is 412 Å². The number of halogens is 1. The molecule has 31 heteroatoms. The summed E-state index contributed by atoms with van der Waals surface area (Å²) in [4.78, 5) is 34.5. The van der Waals surface area contributed by atoms with Crippen molar-refractivity contribution in [3.05, 3.63) is 95.8 Å². The van der Waals surface area contributed by atoms with E-state index in [0.29, 0.717) is 5.56 Å². The highest BCUT2D eigenvalue weighted by atomic mass is 35.5. The molecule has 0 bridgehead atoms. The number of nitrogens with zero attached hydrogens (tertiary/aromatic N) is 7. The third-order valence-electron chi connectivity index (χ3n) is 9.85. The van der Waals surface area contributed by atoms with Crippen LogP contribution in [0.25, 0.3) is 21.5 Å². The number of benzene rings is 6. The van der Waals surface area contributed by atoms with Gasteiger partial charge in [0.1, 0.15) is 36.7 Å². The van der Waals surface area contributed by atoms with Gasteiger partial charge in [-0.1, -0.05) is 24.3 Å². The molecule has 1 aromatic heterocycles. The molecule has 8 N–H and O–H groups in total. The van der Waals surface area contributed by atoms with Crippen LogP contribution in [0, 0.1) is 6.92 Å². The van der Waals surface area contributed by atoms with Crippen molar-refractivity contribution in [2.45, 2.75) is 40.4 Å². The molecule has 7 rings (SSSR count). The van der Waals surface area contributed by atoms with E-state index >= 15 is 0 Å². The van der Waals surface area contributed by atoms with Crippen LogP contribution in [0.5, 0.6) is 5.75 Å². The predicted octanol–water partition coefficient (Wildman–Crippen LogP) is 8.37. The van der Waals surface area contributed by atoms with Gasteiger partial charge in [0, 0.05) is 47.1 Å². The SMILES string of the molecule is COc1cc(N=Nc2cc(S(=O)(=O)O)c3cccc(S(=O)(=O)O)c3c2)c(NC(C)=O)cc1Nc1nc(Cl)nc(Nc2cc(NC(C)=O)c(N=Nc3cc(S(=O)(=O)O)c4cccc(S(=O)(=O)O)c4c3)cc2C)n1. The van der Waals surface area contributed by atoms with E-state index in [1.165, 1.54) is 63.4 Å². The zero-order valence-electron chi connectivity index (χ0n) is 37.0. The van der Waals surface area contributed by atoms with Gasteiger partial charge < -0.3 is 26.0 Å². The molecular formula is C41H34ClN11O15S4. The van der Waals surface area contributed by atoms with Crippen molar-refractivity contribution in [2.75, 3.05) is 28.4 Å². The number of hydrogen-bond donors (Lipinski definition) is 8. The maximum Gasteiger partial charge on any atom is 0.295 e. The Hall–Kier alpha value is -7.68. The third-order valence-corrected chi connectivity index (χ3v) is 13.6. The molecular weight excluding hydrogens is 1050 g/mol. The van der Waals surface area contributed by atoms with Gasteiger partial charge in [-0.25, -0.2) is 0 Å². The van der Waals surface area contributed by atoms with Crippen LogP contribution in [-0.4, -0.2) is 85.8 Å². The number of hydrogen-bond acceptors (Lipinski definition) is 20. The molecule has 0 saturated carbocycles. The fourth-order valence-electron chi connectivity index (χ4n) is 6.94. The van der Waals surface area contributed by atoms with Crippen LogP contribution < -0.4 is 26.0 Å². The molecule has 6 aromatic carbocycles. The number of amides is 2. The van der Waals surface area contributed by atoms with Gasteiger partial charge in [-0.15, -0.1) is 10.2 Å². The minimum atomic E-state index is -4.98. The van der Waals surface area contributed by atoms with E-state index in [9.17, 15) is 61.5 Å². The minimum Gasteiger partial charge on any atom is -0.494 e. The van der Waals surface area contributed by atoms with E-state index in [-0.39, 0.29) is 90.0 Å². The second-order valence-corrected chi connectivity index (χ2v) is 20.9. The fourth-order valence-corrected chi connectivity index (χ4v) is 9.95. The summed E-state index contributed by atoms with van der Waals surface area (Å²) in [5.41, 5.74) is 0.204. The van der Waals surface area contributed by atoms with E-state index in [2.05, 4.69) is 56.7 Å². The number of anilines is 6. The Morgan fingerprint density at radius 3 is 1.36 bits per heavy atom. The molecule has 374 valence electrons. The molecule has 2 amide bonds. The topological polar surface area (TPSA) is 397 Å². The van der Waals surface area contributed by atoms with Crippen molar-refractivity contribution in [3.8, 4) is 5.75 Å². The van der Waals surface area contributed by atoms with Crippen LogP contribution in [0.1, 0.15) is 19.4 Å². The molecule has 0 fully saturated rings. The number of aromatic nitrogens is 3. The molecule has 0 unspecified atom stereocenters. The molecule has 7 aromatic rings. The molecule has 0 spiro atoms. The fraction of sp³-hybridized carbons (Fsp3) is 0.0976. The van der Waals surface area contributed by atoms with Crippen molar-refractivity contribution < 1.29 is 66.2 Å². The number of azo groups is 2. The van der Waals surface area contributed by atoms with Gasteiger partial charge in [0.05, 0.1) is 35.5 Å². The largest absolute Gasteiger partial charge is 0.494 e. The smallest absolute Gasteiger partial charge is 0.295 e. The average molecular weight is 1080 g/mol. The van der Waals surface area contributed by atoms with Crippen molar-refractivity contribution in [1.82, 2.24) is 15.0 Å². The van der Waals surface area contributed by atoms with Crippen LogP contribution in [0.15, 0.2) is 125 Å². The first kappa shape index (κ1) is 52.2. The number of methoxy groups -OCH3 is 1. The summed E-state index contributed by atoms with van der Waals surface area (Å²) >= 11 is 6.32. The van der Waals surface area contributed by atoms with Gasteiger partial charge in [0.15, 0.2) is 0 Å². The third kappa shape index (κ3) is 11.9. The van der Waals surface area contributed by atoms with Gasteiger partial charge in [-0.3, -0.25) is 27.8 Å². The summed E-state index contributed by atoms with van der Waals surface area (Å²) in [5, 5.41) is 26.0. The van der Waals surface area contributed by atoms with Crippen LogP contribution in [0.4, 0.5) is 57.4 Å². The predicted molar refractivity (Wildman–Crippen MR) is 260 cm³/mol. The molecule has 0 aliphatic carbocycles. The maximum absolute atomic E-state index is 12.4. The molecule has 0 saturated heterocycles. The first-order valence-corrected chi connectivity index (χ1v) is 26.0. The van der Waals surface area contributed by atoms with E-state index in [4.69, 9.17) is 16.3 Å². The van der Waals surface area contributed by atoms with E-state index in [0.717, 1.165) is 42.5 Å². The van der Waals surface area contributed by atoms with E-state index in [1.807, 2.05) is 0 Å².